The lowest BCUT2D eigenvalue weighted by Crippen LogP contribution is -2.01. The van der Waals surface area contributed by atoms with E-state index in [0.717, 1.165) is 18.0 Å². The zero-order valence-electron chi connectivity index (χ0n) is 11.5. The Morgan fingerprint density at radius 1 is 1.11 bits per heavy atom. The summed E-state index contributed by atoms with van der Waals surface area (Å²) in [6, 6.07) is 5.80. The summed E-state index contributed by atoms with van der Waals surface area (Å²) in [7, 11) is 1.64. The Bertz CT molecular complexity index is 341. The number of nitrogens with one attached hydrogen (secondary N) is 1. The second kappa shape index (κ2) is 9.09. The highest BCUT2D eigenvalue weighted by atomic mass is 35.5. The van der Waals surface area contributed by atoms with Crippen LogP contribution in [-0.2, 0) is 0 Å². The number of ether oxygens (including phenoxy) is 1. The van der Waals surface area contributed by atoms with Crippen molar-refractivity contribution in [3.63, 3.8) is 0 Å². The SMILES string of the molecule is CCCCCCCCNc1ccc(Cl)c(OC)c1. The lowest BCUT2D eigenvalue weighted by molar-refractivity contribution is 0.415. The molecule has 0 spiro atoms. The van der Waals surface area contributed by atoms with Gasteiger partial charge in [0.25, 0.3) is 0 Å². The number of unbranched alkanes of at least 4 members (excludes halogenated alkanes) is 5. The van der Waals surface area contributed by atoms with Gasteiger partial charge in [-0.2, -0.15) is 0 Å². The summed E-state index contributed by atoms with van der Waals surface area (Å²) in [5.41, 5.74) is 1.07. The Morgan fingerprint density at radius 3 is 2.56 bits per heavy atom. The van der Waals surface area contributed by atoms with Crippen LogP contribution < -0.4 is 10.1 Å². The van der Waals surface area contributed by atoms with E-state index >= 15 is 0 Å². The summed E-state index contributed by atoms with van der Waals surface area (Å²) >= 11 is 5.98. The monoisotopic (exact) mass is 269 g/mol. The molecule has 1 aromatic carbocycles. The summed E-state index contributed by atoms with van der Waals surface area (Å²) in [5, 5.41) is 4.05. The molecule has 0 aliphatic heterocycles. The number of halogens is 1. The van der Waals surface area contributed by atoms with Crippen LogP contribution in [0.5, 0.6) is 5.75 Å². The van der Waals surface area contributed by atoms with E-state index in [1.165, 1.54) is 38.5 Å². The minimum atomic E-state index is 0.655. The zero-order valence-corrected chi connectivity index (χ0v) is 12.2. The van der Waals surface area contributed by atoms with E-state index in [0.29, 0.717) is 5.02 Å². The molecule has 0 unspecified atom stereocenters. The summed E-state index contributed by atoms with van der Waals surface area (Å²) in [4.78, 5) is 0. The van der Waals surface area contributed by atoms with E-state index in [1.807, 2.05) is 18.2 Å². The van der Waals surface area contributed by atoms with E-state index in [1.54, 1.807) is 7.11 Å². The van der Waals surface area contributed by atoms with Crippen molar-refractivity contribution in [2.24, 2.45) is 0 Å². The molecule has 0 saturated carbocycles. The van der Waals surface area contributed by atoms with E-state index in [2.05, 4.69) is 12.2 Å². The number of benzene rings is 1. The number of methoxy groups -OCH3 is 1. The highest BCUT2D eigenvalue weighted by molar-refractivity contribution is 6.32. The highest BCUT2D eigenvalue weighted by Gasteiger charge is 2.01. The number of anilines is 1. The van der Waals surface area contributed by atoms with E-state index < -0.39 is 0 Å². The molecule has 2 nitrogen and oxygen atoms in total. The van der Waals surface area contributed by atoms with Crippen molar-refractivity contribution in [1.29, 1.82) is 0 Å². The maximum absolute atomic E-state index is 5.98. The molecule has 0 radical (unpaired) electrons. The molecule has 0 aromatic heterocycles. The fourth-order valence-corrected chi connectivity index (χ4v) is 2.10. The standard InChI is InChI=1S/C15H24ClNO/c1-3-4-5-6-7-8-11-17-13-9-10-14(16)15(12-13)18-2/h9-10,12,17H,3-8,11H2,1-2H3. The Morgan fingerprint density at radius 2 is 1.83 bits per heavy atom. The minimum Gasteiger partial charge on any atom is -0.495 e. The van der Waals surface area contributed by atoms with Gasteiger partial charge in [0.2, 0.25) is 0 Å². The molecule has 0 heterocycles. The van der Waals surface area contributed by atoms with Crippen LogP contribution in [0.3, 0.4) is 0 Å². The van der Waals surface area contributed by atoms with Gasteiger partial charge in [0.05, 0.1) is 12.1 Å². The van der Waals surface area contributed by atoms with Crippen molar-refractivity contribution < 1.29 is 4.74 Å². The fraction of sp³-hybridized carbons (Fsp3) is 0.600. The minimum absolute atomic E-state index is 0.655. The Kier molecular flexibility index (Phi) is 7.66. The van der Waals surface area contributed by atoms with Gasteiger partial charge >= 0.3 is 0 Å². The Labute approximate surface area is 116 Å². The topological polar surface area (TPSA) is 21.3 Å². The summed E-state index contributed by atoms with van der Waals surface area (Å²) in [5.74, 6) is 0.726. The fourth-order valence-electron chi connectivity index (χ4n) is 1.91. The van der Waals surface area contributed by atoms with Gasteiger partial charge in [0, 0.05) is 18.3 Å². The molecule has 0 bridgehead atoms. The molecule has 3 heteroatoms. The molecule has 0 amide bonds. The average molecular weight is 270 g/mol. The van der Waals surface area contributed by atoms with Gasteiger partial charge in [-0.15, -0.1) is 0 Å². The van der Waals surface area contributed by atoms with Crippen LogP contribution in [0.2, 0.25) is 5.02 Å². The van der Waals surface area contributed by atoms with Crippen LogP contribution in [0.25, 0.3) is 0 Å². The zero-order chi connectivity index (χ0) is 13.2. The summed E-state index contributed by atoms with van der Waals surface area (Å²) in [6.45, 7) is 3.26. The average Bonchev–Trinajstić information content (AvgIpc) is 2.39. The molecular weight excluding hydrogens is 246 g/mol. The normalized spacial score (nSPS) is 10.4. The first-order chi connectivity index (χ1) is 8.77. The van der Waals surface area contributed by atoms with E-state index in [9.17, 15) is 0 Å². The predicted molar refractivity (Wildman–Crippen MR) is 79.9 cm³/mol. The van der Waals surface area contributed by atoms with Crippen molar-refractivity contribution in [3.05, 3.63) is 23.2 Å². The second-order valence-corrected chi connectivity index (χ2v) is 4.95. The second-order valence-electron chi connectivity index (χ2n) is 4.54. The third-order valence-corrected chi connectivity index (χ3v) is 3.32. The third-order valence-electron chi connectivity index (χ3n) is 3.01. The van der Waals surface area contributed by atoms with Crippen molar-refractivity contribution in [2.75, 3.05) is 19.0 Å². The molecule has 0 fully saturated rings. The third kappa shape index (κ3) is 5.63. The highest BCUT2D eigenvalue weighted by Crippen LogP contribution is 2.27. The largest absolute Gasteiger partial charge is 0.495 e. The molecule has 0 aliphatic rings. The molecule has 102 valence electrons. The summed E-state index contributed by atoms with van der Waals surface area (Å²) < 4.78 is 5.19. The smallest absolute Gasteiger partial charge is 0.139 e. The number of hydrogen-bond donors (Lipinski definition) is 1. The van der Waals surface area contributed by atoms with Crippen LogP contribution in [0, 0.1) is 0 Å². The summed E-state index contributed by atoms with van der Waals surface area (Å²) in [6.07, 6.45) is 7.90. The van der Waals surface area contributed by atoms with Gasteiger partial charge < -0.3 is 10.1 Å². The van der Waals surface area contributed by atoms with E-state index in [4.69, 9.17) is 16.3 Å². The number of hydrogen-bond acceptors (Lipinski definition) is 2. The first kappa shape index (κ1) is 15.2. The first-order valence-electron chi connectivity index (χ1n) is 6.85. The van der Waals surface area contributed by atoms with Crippen molar-refractivity contribution in [2.45, 2.75) is 45.4 Å². The predicted octanol–water partition coefficient (Wildman–Crippen LogP) is 5.12. The molecular formula is C15H24ClNO. The molecule has 1 N–H and O–H groups in total. The van der Waals surface area contributed by atoms with Gasteiger partial charge in [-0.3, -0.25) is 0 Å². The Hall–Kier alpha value is -0.890. The van der Waals surface area contributed by atoms with Crippen LogP contribution in [0.4, 0.5) is 5.69 Å². The molecule has 0 atom stereocenters. The van der Waals surface area contributed by atoms with Crippen LogP contribution in [0.15, 0.2) is 18.2 Å². The maximum Gasteiger partial charge on any atom is 0.139 e. The lowest BCUT2D eigenvalue weighted by Gasteiger charge is -2.09. The van der Waals surface area contributed by atoms with Gasteiger partial charge in [-0.05, 0) is 18.6 Å². The number of rotatable bonds is 9. The van der Waals surface area contributed by atoms with Gasteiger partial charge in [-0.25, -0.2) is 0 Å². The molecule has 1 rings (SSSR count). The Balaban J connectivity index is 2.19. The van der Waals surface area contributed by atoms with Gasteiger partial charge in [-0.1, -0.05) is 50.6 Å². The van der Waals surface area contributed by atoms with E-state index in [-0.39, 0.29) is 0 Å². The molecule has 18 heavy (non-hydrogen) atoms. The molecule has 0 aliphatic carbocycles. The first-order valence-corrected chi connectivity index (χ1v) is 7.23. The van der Waals surface area contributed by atoms with Crippen molar-refractivity contribution in [1.82, 2.24) is 0 Å². The lowest BCUT2D eigenvalue weighted by atomic mass is 10.1. The van der Waals surface area contributed by atoms with Crippen molar-refractivity contribution in [3.8, 4) is 5.75 Å². The van der Waals surface area contributed by atoms with Crippen LogP contribution >= 0.6 is 11.6 Å². The van der Waals surface area contributed by atoms with Gasteiger partial charge in [0.15, 0.2) is 0 Å². The van der Waals surface area contributed by atoms with Gasteiger partial charge in [0.1, 0.15) is 5.75 Å². The van der Waals surface area contributed by atoms with Crippen LogP contribution in [-0.4, -0.2) is 13.7 Å². The molecule has 0 saturated heterocycles. The quantitative estimate of drug-likeness (QED) is 0.628. The van der Waals surface area contributed by atoms with Crippen LogP contribution in [0.1, 0.15) is 45.4 Å². The molecule has 1 aromatic rings. The van der Waals surface area contributed by atoms with Crippen molar-refractivity contribution >= 4 is 17.3 Å². The maximum atomic E-state index is 5.98.